The summed E-state index contributed by atoms with van der Waals surface area (Å²) in [7, 11) is 4.10. The fourth-order valence-corrected chi connectivity index (χ4v) is 3.74. The average molecular weight is 399 g/mol. The minimum Gasteiger partial charge on any atom is -0.444 e. The zero-order valence-electron chi connectivity index (χ0n) is 19.5. The Kier molecular flexibility index (Phi) is 12.1. The van der Waals surface area contributed by atoms with Crippen LogP contribution >= 0.6 is 0 Å². The third-order valence-electron chi connectivity index (χ3n) is 5.55. The maximum Gasteiger partial charge on any atom is 0.410 e. The van der Waals surface area contributed by atoms with Crippen molar-refractivity contribution >= 4 is 6.09 Å². The second-order valence-corrected chi connectivity index (χ2v) is 9.46. The van der Waals surface area contributed by atoms with Gasteiger partial charge in [0.15, 0.2) is 0 Å². The largest absolute Gasteiger partial charge is 0.444 e. The molecule has 1 rings (SSSR count). The summed E-state index contributed by atoms with van der Waals surface area (Å²) in [5.74, 6) is 0. The van der Waals surface area contributed by atoms with Crippen molar-refractivity contribution in [3.63, 3.8) is 0 Å². The first-order valence-corrected chi connectivity index (χ1v) is 11.5. The molecule has 0 aromatic heterocycles. The summed E-state index contributed by atoms with van der Waals surface area (Å²) in [5.41, 5.74) is -0.435. The Morgan fingerprint density at radius 3 is 2.11 bits per heavy atom. The van der Waals surface area contributed by atoms with E-state index in [0.29, 0.717) is 6.10 Å². The van der Waals surface area contributed by atoms with Crippen LogP contribution in [0, 0.1) is 0 Å². The number of ether oxygens (including phenoxy) is 2. The lowest BCUT2D eigenvalue weighted by Crippen LogP contribution is -2.43. The van der Waals surface area contributed by atoms with Gasteiger partial charge in [-0.05, 0) is 92.3 Å². The predicted octanol–water partition coefficient (Wildman–Crippen LogP) is 5.47. The highest BCUT2D eigenvalue weighted by Gasteiger charge is 2.29. The van der Waals surface area contributed by atoms with Gasteiger partial charge in [0.25, 0.3) is 0 Å². The molecule has 0 bridgehead atoms. The Labute approximate surface area is 174 Å². The first-order valence-electron chi connectivity index (χ1n) is 11.5. The fraction of sp³-hybridized carbons (Fsp3) is 0.957. The standard InChI is InChI=1S/C23H46N2O3/c1-7-8-10-17-24(5)18-11-9-12-19-27-21-15-13-20(14-16-21)25(6)22(26)28-23(2,3)4/h20-21H,7-19H2,1-6H3. The van der Waals surface area contributed by atoms with Crippen LogP contribution in [0.15, 0.2) is 0 Å². The summed E-state index contributed by atoms with van der Waals surface area (Å²) in [6, 6.07) is 0.276. The summed E-state index contributed by atoms with van der Waals surface area (Å²) in [4.78, 5) is 16.4. The van der Waals surface area contributed by atoms with Crippen LogP contribution in [-0.2, 0) is 9.47 Å². The number of hydrogen-bond donors (Lipinski definition) is 0. The Bertz CT molecular complexity index is 415. The van der Waals surface area contributed by atoms with E-state index >= 15 is 0 Å². The van der Waals surface area contributed by atoms with E-state index in [1.807, 2.05) is 27.8 Å². The molecule has 0 saturated heterocycles. The molecule has 0 aromatic rings. The summed E-state index contributed by atoms with van der Waals surface area (Å²) in [6.07, 6.45) is 11.9. The topological polar surface area (TPSA) is 42.0 Å². The predicted molar refractivity (Wildman–Crippen MR) is 117 cm³/mol. The number of hydrogen-bond acceptors (Lipinski definition) is 4. The Hall–Kier alpha value is -0.810. The molecule has 28 heavy (non-hydrogen) atoms. The highest BCUT2D eigenvalue weighted by atomic mass is 16.6. The van der Waals surface area contributed by atoms with E-state index in [1.165, 1.54) is 45.2 Å². The van der Waals surface area contributed by atoms with Crippen LogP contribution in [0.4, 0.5) is 4.79 Å². The Morgan fingerprint density at radius 2 is 1.54 bits per heavy atom. The Morgan fingerprint density at radius 1 is 0.929 bits per heavy atom. The minimum absolute atomic E-state index is 0.212. The quantitative estimate of drug-likeness (QED) is 0.409. The molecule has 1 amide bonds. The average Bonchev–Trinajstić information content (AvgIpc) is 2.63. The lowest BCUT2D eigenvalue weighted by molar-refractivity contribution is -0.00586. The van der Waals surface area contributed by atoms with Gasteiger partial charge in [-0.2, -0.15) is 0 Å². The van der Waals surface area contributed by atoms with Crippen LogP contribution in [-0.4, -0.2) is 67.4 Å². The zero-order valence-corrected chi connectivity index (χ0v) is 19.5. The van der Waals surface area contributed by atoms with E-state index in [0.717, 1.165) is 38.7 Å². The van der Waals surface area contributed by atoms with Crippen molar-refractivity contribution in [1.29, 1.82) is 0 Å². The summed E-state index contributed by atoms with van der Waals surface area (Å²) in [6.45, 7) is 11.3. The lowest BCUT2D eigenvalue weighted by atomic mass is 9.92. The second kappa shape index (κ2) is 13.4. The van der Waals surface area contributed by atoms with E-state index in [2.05, 4.69) is 18.9 Å². The lowest BCUT2D eigenvalue weighted by Gasteiger charge is -2.35. The van der Waals surface area contributed by atoms with Gasteiger partial charge >= 0.3 is 6.09 Å². The van der Waals surface area contributed by atoms with Crippen molar-refractivity contribution in [3.8, 4) is 0 Å². The molecule has 0 atom stereocenters. The van der Waals surface area contributed by atoms with E-state index in [9.17, 15) is 4.79 Å². The Balaban J connectivity index is 2.07. The molecular formula is C23H46N2O3. The molecule has 1 saturated carbocycles. The summed E-state index contributed by atoms with van der Waals surface area (Å²) < 4.78 is 11.6. The molecule has 5 heteroatoms. The van der Waals surface area contributed by atoms with E-state index in [-0.39, 0.29) is 12.1 Å². The highest BCUT2D eigenvalue weighted by Crippen LogP contribution is 2.25. The molecular weight excluding hydrogens is 352 g/mol. The molecule has 0 aromatic carbocycles. The van der Waals surface area contributed by atoms with E-state index in [1.54, 1.807) is 4.90 Å². The monoisotopic (exact) mass is 398 g/mol. The van der Waals surface area contributed by atoms with Crippen molar-refractivity contribution in [3.05, 3.63) is 0 Å². The highest BCUT2D eigenvalue weighted by molar-refractivity contribution is 5.68. The van der Waals surface area contributed by atoms with Crippen LogP contribution in [0.3, 0.4) is 0 Å². The van der Waals surface area contributed by atoms with Crippen LogP contribution < -0.4 is 0 Å². The molecule has 5 nitrogen and oxygen atoms in total. The smallest absolute Gasteiger partial charge is 0.410 e. The van der Waals surface area contributed by atoms with Crippen LogP contribution in [0.1, 0.15) is 91.9 Å². The number of nitrogens with zero attached hydrogens (tertiary/aromatic N) is 2. The first-order chi connectivity index (χ1) is 13.2. The minimum atomic E-state index is -0.435. The number of unbranched alkanes of at least 4 members (excludes halogenated alkanes) is 4. The molecule has 0 spiro atoms. The van der Waals surface area contributed by atoms with Gasteiger partial charge in [-0.1, -0.05) is 19.8 Å². The van der Waals surface area contributed by atoms with Gasteiger partial charge in [-0.15, -0.1) is 0 Å². The number of carbonyl (C=O) groups is 1. The first kappa shape index (κ1) is 25.2. The maximum atomic E-state index is 12.2. The van der Waals surface area contributed by atoms with Gasteiger partial charge in [0.05, 0.1) is 6.10 Å². The SMILES string of the molecule is CCCCCN(C)CCCCCOC1CCC(N(C)C(=O)OC(C)(C)C)CC1. The van der Waals surface area contributed by atoms with Gasteiger partial charge < -0.3 is 19.3 Å². The van der Waals surface area contributed by atoms with E-state index in [4.69, 9.17) is 9.47 Å². The molecule has 0 unspecified atom stereocenters. The van der Waals surface area contributed by atoms with Crippen molar-refractivity contribution in [2.75, 3.05) is 33.8 Å². The zero-order chi connectivity index (χ0) is 21.0. The van der Waals surface area contributed by atoms with Crippen molar-refractivity contribution < 1.29 is 14.3 Å². The van der Waals surface area contributed by atoms with Gasteiger partial charge in [0.2, 0.25) is 0 Å². The fourth-order valence-electron chi connectivity index (χ4n) is 3.74. The molecule has 0 radical (unpaired) electrons. The number of carbonyl (C=O) groups excluding carboxylic acids is 1. The van der Waals surface area contributed by atoms with Crippen LogP contribution in [0.25, 0.3) is 0 Å². The van der Waals surface area contributed by atoms with Crippen molar-refractivity contribution in [2.45, 2.75) is 110 Å². The molecule has 1 aliphatic rings. The summed E-state index contributed by atoms with van der Waals surface area (Å²) >= 11 is 0. The molecule has 0 heterocycles. The van der Waals surface area contributed by atoms with Gasteiger partial charge in [-0.25, -0.2) is 4.79 Å². The third kappa shape index (κ3) is 11.3. The van der Waals surface area contributed by atoms with Gasteiger partial charge in [-0.3, -0.25) is 0 Å². The van der Waals surface area contributed by atoms with Crippen molar-refractivity contribution in [1.82, 2.24) is 9.80 Å². The number of amides is 1. The molecule has 0 aliphatic heterocycles. The van der Waals surface area contributed by atoms with Crippen molar-refractivity contribution in [2.24, 2.45) is 0 Å². The van der Waals surface area contributed by atoms with Crippen LogP contribution in [0.2, 0.25) is 0 Å². The molecule has 0 N–H and O–H groups in total. The molecule has 1 aliphatic carbocycles. The van der Waals surface area contributed by atoms with Crippen LogP contribution in [0.5, 0.6) is 0 Å². The maximum absolute atomic E-state index is 12.2. The van der Waals surface area contributed by atoms with Gasteiger partial charge in [0.1, 0.15) is 5.60 Å². The normalized spacial score (nSPS) is 20.4. The van der Waals surface area contributed by atoms with E-state index < -0.39 is 5.60 Å². The van der Waals surface area contributed by atoms with Gasteiger partial charge in [0, 0.05) is 19.7 Å². The molecule has 1 fully saturated rings. The third-order valence-corrected chi connectivity index (χ3v) is 5.55. The summed E-state index contributed by atoms with van der Waals surface area (Å²) in [5, 5.41) is 0. The second-order valence-electron chi connectivity index (χ2n) is 9.46. The number of rotatable bonds is 12. The molecule has 166 valence electrons.